The predicted octanol–water partition coefficient (Wildman–Crippen LogP) is 3.03. The van der Waals surface area contributed by atoms with Gasteiger partial charge in [0.25, 0.3) is 0 Å². The molecule has 1 aliphatic rings. The Kier molecular flexibility index (Phi) is 2.70. The Morgan fingerprint density at radius 1 is 1.38 bits per heavy atom. The third-order valence-electron chi connectivity index (χ3n) is 3.58. The molecule has 0 unspecified atom stereocenters. The molecule has 1 saturated carbocycles. The fourth-order valence-electron chi connectivity index (χ4n) is 2.32. The molecule has 88 valence electrons. The Labute approximate surface area is 97.5 Å². The molecule has 0 saturated heterocycles. The van der Waals surface area contributed by atoms with E-state index in [1.54, 1.807) is 0 Å². The molecule has 0 amide bonds. The number of aromatic hydroxyl groups is 1. The molecular formula is C14H21NO. The maximum Gasteiger partial charge on any atom is 0.124 e. The SMILES string of the molecule is CCc1ccc(C(C)C)c(C2(N)CC2)c1O. The summed E-state index contributed by atoms with van der Waals surface area (Å²) in [4.78, 5) is 0. The van der Waals surface area contributed by atoms with Gasteiger partial charge in [-0.25, -0.2) is 0 Å². The highest BCUT2D eigenvalue weighted by atomic mass is 16.3. The molecule has 1 fully saturated rings. The van der Waals surface area contributed by atoms with Crippen molar-refractivity contribution in [3.63, 3.8) is 0 Å². The monoisotopic (exact) mass is 219 g/mol. The Balaban J connectivity index is 2.60. The van der Waals surface area contributed by atoms with Gasteiger partial charge in [0, 0.05) is 11.1 Å². The van der Waals surface area contributed by atoms with Crippen LogP contribution >= 0.6 is 0 Å². The zero-order valence-electron chi connectivity index (χ0n) is 10.4. The number of phenols is 1. The molecule has 1 aromatic rings. The summed E-state index contributed by atoms with van der Waals surface area (Å²) in [7, 11) is 0. The summed E-state index contributed by atoms with van der Waals surface area (Å²) >= 11 is 0. The van der Waals surface area contributed by atoms with Crippen LogP contribution in [-0.2, 0) is 12.0 Å². The number of phenolic OH excluding ortho intramolecular Hbond substituents is 1. The van der Waals surface area contributed by atoms with Crippen LogP contribution in [0.2, 0.25) is 0 Å². The van der Waals surface area contributed by atoms with Crippen LogP contribution in [0.4, 0.5) is 0 Å². The molecule has 0 heterocycles. The van der Waals surface area contributed by atoms with Gasteiger partial charge in [0.05, 0.1) is 0 Å². The molecule has 1 aliphatic carbocycles. The summed E-state index contributed by atoms with van der Waals surface area (Å²) in [5.41, 5.74) is 9.23. The van der Waals surface area contributed by atoms with Crippen molar-refractivity contribution in [2.24, 2.45) is 5.73 Å². The maximum absolute atomic E-state index is 10.3. The quantitative estimate of drug-likeness (QED) is 0.820. The van der Waals surface area contributed by atoms with Crippen molar-refractivity contribution in [1.29, 1.82) is 0 Å². The fourth-order valence-corrected chi connectivity index (χ4v) is 2.32. The minimum absolute atomic E-state index is 0.255. The van der Waals surface area contributed by atoms with Gasteiger partial charge in [-0.3, -0.25) is 0 Å². The van der Waals surface area contributed by atoms with E-state index in [0.717, 1.165) is 30.4 Å². The largest absolute Gasteiger partial charge is 0.507 e. The first-order valence-corrected chi connectivity index (χ1v) is 6.13. The van der Waals surface area contributed by atoms with Crippen molar-refractivity contribution < 1.29 is 5.11 Å². The molecule has 0 aliphatic heterocycles. The molecule has 3 N–H and O–H groups in total. The topological polar surface area (TPSA) is 46.2 Å². The number of nitrogens with two attached hydrogens (primary N) is 1. The van der Waals surface area contributed by atoms with E-state index in [2.05, 4.69) is 26.8 Å². The first-order chi connectivity index (χ1) is 7.49. The van der Waals surface area contributed by atoms with Crippen LogP contribution in [-0.4, -0.2) is 5.11 Å². The van der Waals surface area contributed by atoms with Crippen LogP contribution in [0.15, 0.2) is 12.1 Å². The number of aryl methyl sites for hydroxylation is 1. The molecule has 0 radical (unpaired) electrons. The molecule has 1 aromatic carbocycles. The summed E-state index contributed by atoms with van der Waals surface area (Å²) < 4.78 is 0. The van der Waals surface area contributed by atoms with Gasteiger partial charge in [-0.1, -0.05) is 32.9 Å². The maximum atomic E-state index is 10.3. The lowest BCUT2D eigenvalue weighted by atomic mass is 9.88. The summed E-state index contributed by atoms with van der Waals surface area (Å²) in [5, 5.41) is 10.3. The summed E-state index contributed by atoms with van der Waals surface area (Å²) in [6, 6.07) is 4.16. The lowest BCUT2D eigenvalue weighted by Gasteiger charge is -2.21. The van der Waals surface area contributed by atoms with E-state index < -0.39 is 0 Å². The van der Waals surface area contributed by atoms with E-state index in [1.807, 2.05) is 6.07 Å². The molecule has 2 rings (SSSR count). The Bertz CT molecular complexity index is 405. The predicted molar refractivity (Wildman–Crippen MR) is 66.7 cm³/mol. The van der Waals surface area contributed by atoms with E-state index in [9.17, 15) is 5.11 Å². The van der Waals surface area contributed by atoms with Gasteiger partial charge in [0.2, 0.25) is 0 Å². The van der Waals surface area contributed by atoms with Gasteiger partial charge in [-0.15, -0.1) is 0 Å². The Morgan fingerprint density at radius 3 is 2.44 bits per heavy atom. The lowest BCUT2D eigenvalue weighted by Crippen LogP contribution is -2.21. The first-order valence-electron chi connectivity index (χ1n) is 6.13. The second-order valence-corrected chi connectivity index (χ2v) is 5.20. The zero-order valence-corrected chi connectivity index (χ0v) is 10.4. The normalized spacial score (nSPS) is 17.8. The van der Waals surface area contributed by atoms with Crippen LogP contribution in [0, 0.1) is 0 Å². The van der Waals surface area contributed by atoms with Crippen LogP contribution < -0.4 is 5.73 Å². The van der Waals surface area contributed by atoms with Crippen molar-refractivity contribution in [1.82, 2.24) is 0 Å². The van der Waals surface area contributed by atoms with Gasteiger partial charge in [0.1, 0.15) is 5.75 Å². The second kappa shape index (κ2) is 3.77. The molecule has 0 spiro atoms. The number of hydrogen-bond donors (Lipinski definition) is 2. The smallest absolute Gasteiger partial charge is 0.124 e. The highest BCUT2D eigenvalue weighted by Gasteiger charge is 2.44. The molecule has 2 nitrogen and oxygen atoms in total. The van der Waals surface area contributed by atoms with Crippen molar-refractivity contribution in [3.8, 4) is 5.75 Å². The van der Waals surface area contributed by atoms with Crippen LogP contribution in [0.5, 0.6) is 5.75 Å². The standard InChI is InChI=1S/C14H21NO/c1-4-10-5-6-11(9(2)3)12(13(10)16)14(15)7-8-14/h5-6,9,16H,4,7-8,15H2,1-3H3. The fraction of sp³-hybridized carbons (Fsp3) is 0.571. The molecule has 0 atom stereocenters. The van der Waals surface area contributed by atoms with Crippen molar-refractivity contribution in [2.75, 3.05) is 0 Å². The first kappa shape index (κ1) is 11.5. The lowest BCUT2D eigenvalue weighted by molar-refractivity contribution is 0.450. The van der Waals surface area contributed by atoms with E-state index in [1.165, 1.54) is 5.56 Å². The third-order valence-corrected chi connectivity index (χ3v) is 3.58. The van der Waals surface area contributed by atoms with E-state index in [-0.39, 0.29) is 5.54 Å². The van der Waals surface area contributed by atoms with E-state index in [4.69, 9.17) is 5.73 Å². The highest BCUT2D eigenvalue weighted by Crippen LogP contribution is 2.50. The molecule has 0 bridgehead atoms. The highest BCUT2D eigenvalue weighted by molar-refractivity contribution is 5.52. The third kappa shape index (κ3) is 1.71. The summed E-state index contributed by atoms with van der Waals surface area (Å²) in [6.07, 6.45) is 2.84. The van der Waals surface area contributed by atoms with Gasteiger partial charge < -0.3 is 10.8 Å². The van der Waals surface area contributed by atoms with E-state index >= 15 is 0 Å². The average Bonchev–Trinajstić information content (AvgIpc) is 2.96. The van der Waals surface area contributed by atoms with Gasteiger partial charge in [-0.2, -0.15) is 0 Å². The van der Waals surface area contributed by atoms with Crippen molar-refractivity contribution in [2.45, 2.75) is 51.5 Å². The Hall–Kier alpha value is -1.02. The van der Waals surface area contributed by atoms with Crippen LogP contribution in [0.3, 0.4) is 0 Å². The molecule has 16 heavy (non-hydrogen) atoms. The van der Waals surface area contributed by atoms with Crippen molar-refractivity contribution in [3.05, 3.63) is 28.8 Å². The molecule has 2 heteroatoms. The summed E-state index contributed by atoms with van der Waals surface area (Å²) in [5.74, 6) is 0.849. The number of benzene rings is 1. The molecule has 0 aromatic heterocycles. The average molecular weight is 219 g/mol. The number of hydrogen-bond acceptors (Lipinski definition) is 2. The van der Waals surface area contributed by atoms with Crippen LogP contribution in [0.25, 0.3) is 0 Å². The summed E-state index contributed by atoms with van der Waals surface area (Å²) in [6.45, 7) is 6.36. The second-order valence-electron chi connectivity index (χ2n) is 5.20. The van der Waals surface area contributed by atoms with Gasteiger partial charge in [0.15, 0.2) is 0 Å². The van der Waals surface area contributed by atoms with Gasteiger partial charge in [-0.05, 0) is 36.3 Å². The van der Waals surface area contributed by atoms with Crippen LogP contribution in [0.1, 0.15) is 56.2 Å². The van der Waals surface area contributed by atoms with Gasteiger partial charge >= 0.3 is 0 Å². The Morgan fingerprint density at radius 2 is 2.00 bits per heavy atom. The molecular weight excluding hydrogens is 198 g/mol. The minimum atomic E-state index is -0.255. The minimum Gasteiger partial charge on any atom is -0.507 e. The van der Waals surface area contributed by atoms with Crippen molar-refractivity contribution >= 4 is 0 Å². The number of rotatable bonds is 3. The van der Waals surface area contributed by atoms with E-state index in [0.29, 0.717) is 11.7 Å². The zero-order chi connectivity index (χ0) is 11.9.